The lowest BCUT2D eigenvalue weighted by Gasteiger charge is -2.05. The molecule has 6 heteroatoms. The first kappa shape index (κ1) is 16.0. The van der Waals surface area contributed by atoms with Crippen LogP contribution in [0.2, 0.25) is 5.02 Å². The van der Waals surface area contributed by atoms with E-state index in [1.54, 1.807) is 31.4 Å². The molecule has 2 N–H and O–H groups in total. The molecule has 0 heterocycles. The first-order valence-corrected chi connectivity index (χ1v) is 6.44. The van der Waals surface area contributed by atoms with E-state index in [0.29, 0.717) is 23.9 Å². The average Bonchev–Trinajstić information content (AvgIpc) is 2.42. The third kappa shape index (κ3) is 5.74. The van der Waals surface area contributed by atoms with Crippen LogP contribution in [-0.2, 0) is 9.53 Å². The molecule has 0 aliphatic rings. The van der Waals surface area contributed by atoms with E-state index in [9.17, 15) is 4.79 Å². The smallest absolute Gasteiger partial charge is 0.267 e. The number of hydrogen-bond donors (Lipinski definition) is 2. The molecule has 0 aliphatic heterocycles. The Kier molecular flexibility index (Phi) is 7.18. The van der Waals surface area contributed by atoms with E-state index in [0.717, 1.165) is 6.42 Å². The first-order valence-electron chi connectivity index (χ1n) is 6.07. The number of halogens is 1. The van der Waals surface area contributed by atoms with Gasteiger partial charge in [0.05, 0.1) is 0 Å². The molecule has 1 aromatic carbocycles. The zero-order valence-corrected chi connectivity index (χ0v) is 11.9. The van der Waals surface area contributed by atoms with Crippen molar-refractivity contribution in [3.8, 4) is 6.07 Å². The van der Waals surface area contributed by atoms with Gasteiger partial charge in [-0.2, -0.15) is 5.26 Å². The Morgan fingerprint density at radius 2 is 2.35 bits per heavy atom. The third-order valence-corrected chi connectivity index (χ3v) is 2.60. The molecule has 5 nitrogen and oxygen atoms in total. The second-order valence-corrected chi connectivity index (χ2v) is 4.37. The van der Waals surface area contributed by atoms with Crippen LogP contribution in [0, 0.1) is 11.3 Å². The molecule has 0 bridgehead atoms. The topological polar surface area (TPSA) is 74.1 Å². The number of nitriles is 1. The molecule has 0 fully saturated rings. The van der Waals surface area contributed by atoms with E-state index in [2.05, 4.69) is 10.6 Å². The van der Waals surface area contributed by atoms with Gasteiger partial charge in [-0.1, -0.05) is 17.7 Å². The Hall–Kier alpha value is -2.03. The minimum atomic E-state index is -0.478. The van der Waals surface area contributed by atoms with Crippen molar-refractivity contribution in [3.63, 3.8) is 0 Å². The van der Waals surface area contributed by atoms with Crippen molar-refractivity contribution in [1.82, 2.24) is 5.32 Å². The quantitative estimate of drug-likeness (QED) is 0.460. The molecule has 20 heavy (non-hydrogen) atoms. The molecule has 0 spiro atoms. The van der Waals surface area contributed by atoms with Gasteiger partial charge in [-0.05, 0) is 24.6 Å². The van der Waals surface area contributed by atoms with Crippen molar-refractivity contribution in [2.45, 2.75) is 6.42 Å². The van der Waals surface area contributed by atoms with Crippen LogP contribution in [0.4, 0.5) is 5.69 Å². The maximum atomic E-state index is 11.9. The third-order valence-electron chi connectivity index (χ3n) is 2.36. The molecular formula is C14H16ClN3O2. The zero-order valence-electron chi connectivity index (χ0n) is 11.1. The van der Waals surface area contributed by atoms with Crippen molar-refractivity contribution in [1.29, 1.82) is 5.26 Å². The van der Waals surface area contributed by atoms with Gasteiger partial charge in [0, 0.05) is 37.2 Å². The van der Waals surface area contributed by atoms with Gasteiger partial charge in [0.2, 0.25) is 0 Å². The lowest BCUT2D eigenvalue weighted by atomic mass is 10.2. The fourth-order valence-electron chi connectivity index (χ4n) is 1.41. The van der Waals surface area contributed by atoms with Gasteiger partial charge in [0.15, 0.2) is 0 Å². The number of ether oxygens (including phenoxy) is 1. The Bertz CT molecular complexity index is 523. The minimum absolute atomic E-state index is 0.00222. The van der Waals surface area contributed by atoms with Gasteiger partial charge in [-0.15, -0.1) is 0 Å². The summed E-state index contributed by atoms with van der Waals surface area (Å²) in [6.45, 7) is 1.25. The number of hydrogen-bond acceptors (Lipinski definition) is 4. The summed E-state index contributed by atoms with van der Waals surface area (Å²) >= 11 is 5.82. The van der Waals surface area contributed by atoms with Gasteiger partial charge in [-0.25, -0.2) is 0 Å². The van der Waals surface area contributed by atoms with E-state index >= 15 is 0 Å². The number of carbonyl (C=O) groups is 1. The van der Waals surface area contributed by atoms with Gasteiger partial charge >= 0.3 is 0 Å². The Morgan fingerprint density at radius 1 is 1.55 bits per heavy atom. The summed E-state index contributed by atoms with van der Waals surface area (Å²) in [5.74, 6) is -0.478. The monoisotopic (exact) mass is 293 g/mol. The van der Waals surface area contributed by atoms with Gasteiger partial charge in [0.25, 0.3) is 5.91 Å². The Balaban J connectivity index is 2.55. The zero-order chi connectivity index (χ0) is 14.8. The molecule has 0 atom stereocenters. The average molecular weight is 294 g/mol. The summed E-state index contributed by atoms with van der Waals surface area (Å²) in [6.07, 6.45) is 2.19. The summed E-state index contributed by atoms with van der Waals surface area (Å²) in [7, 11) is 1.62. The van der Waals surface area contributed by atoms with Crippen LogP contribution in [0.5, 0.6) is 0 Å². The van der Waals surface area contributed by atoms with Crippen LogP contribution < -0.4 is 10.6 Å². The van der Waals surface area contributed by atoms with Crippen LogP contribution in [0.1, 0.15) is 6.42 Å². The standard InChI is InChI=1S/C14H16ClN3O2/c1-20-7-3-6-17-10-11(9-16)14(19)18-13-5-2-4-12(15)8-13/h2,4-5,8,10,17H,3,6-7H2,1H3,(H,18,19)/b11-10-. The number of amides is 1. The summed E-state index contributed by atoms with van der Waals surface area (Å²) in [6, 6.07) is 8.58. The van der Waals surface area contributed by atoms with Crippen molar-refractivity contribution in [2.24, 2.45) is 0 Å². The van der Waals surface area contributed by atoms with E-state index in [-0.39, 0.29) is 5.57 Å². The summed E-state index contributed by atoms with van der Waals surface area (Å²) in [4.78, 5) is 11.9. The number of benzene rings is 1. The second-order valence-electron chi connectivity index (χ2n) is 3.93. The lowest BCUT2D eigenvalue weighted by molar-refractivity contribution is -0.112. The molecule has 106 valence electrons. The molecule has 0 aromatic heterocycles. The van der Waals surface area contributed by atoms with Crippen LogP contribution in [0.25, 0.3) is 0 Å². The highest BCUT2D eigenvalue weighted by atomic mass is 35.5. The van der Waals surface area contributed by atoms with Crippen LogP contribution in [0.15, 0.2) is 36.0 Å². The number of anilines is 1. The maximum absolute atomic E-state index is 11.9. The highest BCUT2D eigenvalue weighted by Gasteiger charge is 2.09. The van der Waals surface area contributed by atoms with E-state index in [1.807, 2.05) is 6.07 Å². The van der Waals surface area contributed by atoms with Crippen molar-refractivity contribution >= 4 is 23.2 Å². The SMILES string of the molecule is COCCCN/C=C(/C#N)C(=O)Nc1cccc(Cl)c1. The van der Waals surface area contributed by atoms with Gasteiger partial charge in [0.1, 0.15) is 11.6 Å². The maximum Gasteiger partial charge on any atom is 0.267 e. The van der Waals surface area contributed by atoms with Crippen LogP contribution >= 0.6 is 11.6 Å². The van der Waals surface area contributed by atoms with Crippen molar-refractivity contribution < 1.29 is 9.53 Å². The number of nitrogens with one attached hydrogen (secondary N) is 2. The summed E-state index contributed by atoms with van der Waals surface area (Å²) < 4.78 is 4.90. The second kappa shape index (κ2) is 8.97. The summed E-state index contributed by atoms with van der Waals surface area (Å²) in [5, 5.41) is 15.0. The number of rotatable bonds is 7. The Labute approximate surface area is 123 Å². The van der Waals surface area contributed by atoms with Crippen molar-refractivity contribution in [2.75, 3.05) is 25.6 Å². The molecule has 1 rings (SSSR count). The molecule has 0 saturated carbocycles. The predicted octanol–water partition coefficient (Wildman–Crippen LogP) is 2.31. The van der Waals surface area contributed by atoms with Gasteiger partial charge in [-0.3, -0.25) is 4.79 Å². The highest BCUT2D eigenvalue weighted by molar-refractivity contribution is 6.31. The molecule has 1 aromatic rings. The van der Waals surface area contributed by atoms with Crippen LogP contribution in [0.3, 0.4) is 0 Å². The molecule has 0 radical (unpaired) electrons. The molecule has 0 unspecified atom stereocenters. The van der Waals surface area contributed by atoms with E-state index < -0.39 is 5.91 Å². The molecule has 1 amide bonds. The number of nitrogens with zero attached hydrogens (tertiary/aromatic N) is 1. The normalized spacial score (nSPS) is 10.8. The minimum Gasteiger partial charge on any atom is -0.390 e. The largest absolute Gasteiger partial charge is 0.390 e. The van der Waals surface area contributed by atoms with Crippen LogP contribution in [-0.4, -0.2) is 26.2 Å². The highest BCUT2D eigenvalue weighted by Crippen LogP contribution is 2.15. The predicted molar refractivity (Wildman–Crippen MR) is 78.3 cm³/mol. The lowest BCUT2D eigenvalue weighted by Crippen LogP contribution is -2.17. The number of carbonyl (C=O) groups excluding carboxylic acids is 1. The fraction of sp³-hybridized carbons (Fsp3) is 0.286. The van der Waals surface area contributed by atoms with E-state index in [4.69, 9.17) is 21.6 Å². The molecule has 0 saturated heterocycles. The van der Waals surface area contributed by atoms with Crippen molar-refractivity contribution in [3.05, 3.63) is 41.1 Å². The fourth-order valence-corrected chi connectivity index (χ4v) is 1.60. The molecular weight excluding hydrogens is 278 g/mol. The Morgan fingerprint density at radius 3 is 3.00 bits per heavy atom. The number of methoxy groups -OCH3 is 1. The summed E-state index contributed by atoms with van der Waals surface area (Å²) in [5.41, 5.74) is 0.547. The van der Waals surface area contributed by atoms with Gasteiger partial charge < -0.3 is 15.4 Å². The van der Waals surface area contributed by atoms with E-state index in [1.165, 1.54) is 6.20 Å². The molecule has 0 aliphatic carbocycles. The first-order chi connectivity index (χ1) is 9.67.